The van der Waals surface area contributed by atoms with Gasteiger partial charge in [-0.1, -0.05) is 24.0 Å². The van der Waals surface area contributed by atoms with Crippen molar-refractivity contribution in [1.82, 2.24) is 34.5 Å². The topological polar surface area (TPSA) is 123 Å². The van der Waals surface area contributed by atoms with Crippen LogP contribution in [0.2, 0.25) is 0 Å². The van der Waals surface area contributed by atoms with Gasteiger partial charge >= 0.3 is 0 Å². The van der Waals surface area contributed by atoms with E-state index in [9.17, 15) is 9.59 Å². The van der Waals surface area contributed by atoms with Gasteiger partial charge in [-0.2, -0.15) is 0 Å². The van der Waals surface area contributed by atoms with Crippen molar-refractivity contribution in [3.05, 3.63) is 99.8 Å². The standard InChI is InChI=1S/C30H30N8O3/c1-20-27(29(40)38(37(20)4)18-25-16-31-19-41-25)28(39)32-13-5-6-21-9-12-26-23(14-21)15-33-30(35-26)34-24-10-7-22(8-11-24)17-36(2)3/h7-12,14-16,19H,13,17-18H2,1-4H3,(H,32,39)(H,33,34,35). The molecular formula is C30H30N8O3. The molecule has 0 saturated carbocycles. The molecule has 0 bridgehead atoms. The first kappa shape index (κ1) is 27.4. The van der Waals surface area contributed by atoms with E-state index >= 15 is 0 Å². The summed E-state index contributed by atoms with van der Waals surface area (Å²) in [6, 6.07) is 13.8. The fraction of sp³-hybridized carbons (Fsp3) is 0.233. The first-order valence-electron chi connectivity index (χ1n) is 13.0. The molecular weight excluding hydrogens is 520 g/mol. The normalized spacial score (nSPS) is 11.0. The van der Waals surface area contributed by atoms with Crippen molar-refractivity contribution in [3.63, 3.8) is 0 Å². The highest BCUT2D eigenvalue weighted by Crippen LogP contribution is 2.18. The number of oxazole rings is 1. The minimum Gasteiger partial charge on any atom is -0.447 e. The van der Waals surface area contributed by atoms with Crippen molar-refractivity contribution in [3.8, 4) is 11.8 Å². The third-order valence-corrected chi connectivity index (χ3v) is 6.53. The first-order chi connectivity index (χ1) is 19.8. The molecule has 0 atom stereocenters. The molecule has 11 heteroatoms. The molecule has 1 amide bonds. The lowest BCUT2D eigenvalue weighted by atomic mass is 10.1. The molecule has 208 valence electrons. The van der Waals surface area contributed by atoms with Crippen LogP contribution in [-0.4, -0.2) is 55.8 Å². The molecule has 2 aromatic carbocycles. The van der Waals surface area contributed by atoms with Crippen LogP contribution < -0.4 is 16.2 Å². The number of aromatic nitrogens is 5. The third-order valence-electron chi connectivity index (χ3n) is 6.53. The minimum absolute atomic E-state index is 0.0746. The van der Waals surface area contributed by atoms with Crippen LogP contribution in [0.15, 0.2) is 70.5 Å². The average Bonchev–Trinajstić information content (AvgIpc) is 3.54. The Labute approximate surface area is 236 Å². The van der Waals surface area contributed by atoms with E-state index in [1.807, 2.05) is 44.4 Å². The van der Waals surface area contributed by atoms with Gasteiger partial charge in [0.15, 0.2) is 6.39 Å². The molecule has 2 N–H and O–H groups in total. The van der Waals surface area contributed by atoms with Crippen LogP contribution >= 0.6 is 0 Å². The number of hydrogen-bond acceptors (Lipinski definition) is 8. The molecule has 3 heterocycles. The Morgan fingerprint density at radius 2 is 1.93 bits per heavy atom. The molecule has 41 heavy (non-hydrogen) atoms. The van der Waals surface area contributed by atoms with Crippen LogP contribution in [0.4, 0.5) is 11.6 Å². The smallest absolute Gasteiger partial charge is 0.280 e. The highest BCUT2D eigenvalue weighted by Gasteiger charge is 2.21. The van der Waals surface area contributed by atoms with Gasteiger partial charge in [0.25, 0.3) is 11.5 Å². The zero-order chi connectivity index (χ0) is 28.9. The Kier molecular flexibility index (Phi) is 7.94. The Hall–Kier alpha value is -5.21. The summed E-state index contributed by atoms with van der Waals surface area (Å²) >= 11 is 0. The van der Waals surface area contributed by atoms with E-state index in [1.165, 1.54) is 22.8 Å². The Morgan fingerprint density at radius 1 is 1.12 bits per heavy atom. The summed E-state index contributed by atoms with van der Waals surface area (Å²) in [4.78, 5) is 40.7. The summed E-state index contributed by atoms with van der Waals surface area (Å²) in [7, 11) is 5.80. The lowest BCUT2D eigenvalue weighted by Gasteiger charge is -2.10. The Bertz CT molecular complexity index is 1810. The van der Waals surface area contributed by atoms with Crippen LogP contribution in [0.1, 0.15) is 32.9 Å². The second-order valence-electron chi connectivity index (χ2n) is 9.83. The van der Waals surface area contributed by atoms with Gasteiger partial charge in [-0.05, 0) is 56.9 Å². The van der Waals surface area contributed by atoms with Gasteiger partial charge < -0.3 is 20.0 Å². The maximum absolute atomic E-state index is 12.9. The number of amides is 1. The maximum Gasteiger partial charge on any atom is 0.280 e. The number of benzene rings is 2. The van der Waals surface area contributed by atoms with E-state index in [0.717, 1.165) is 28.7 Å². The quantitative estimate of drug-likeness (QED) is 0.283. The first-order valence-corrected chi connectivity index (χ1v) is 13.0. The molecule has 0 radical (unpaired) electrons. The second kappa shape index (κ2) is 11.9. The fourth-order valence-electron chi connectivity index (χ4n) is 4.39. The third kappa shape index (κ3) is 6.34. The molecule has 0 unspecified atom stereocenters. The van der Waals surface area contributed by atoms with Gasteiger partial charge in [0.1, 0.15) is 17.9 Å². The van der Waals surface area contributed by atoms with E-state index in [1.54, 1.807) is 24.9 Å². The van der Waals surface area contributed by atoms with Gasteiger partial charge in [-0.3, -0.25) is 14.3 Å². The van der Waals surface area contributed by atoms with Crippen molar-refractivity contribution >= 4 is 28.4 Å². The molecule has 5 rings (SSSR count). The second-order valence-corrected chi connectivity index (χ2v) is 9.83. The molecule has 11 nitrogen and oxygen atoms in total. The van der Waals surface area contributed by atoms with Gasteiger partial charge in [0, 0.05) is 42.1 Å². The van der Waals surface area contributed by atoms with Gasteiger partial charge in [-0.15, -0.1) is 0 Å². The summed E-state index contributed by atoms with van der Waals surface area (Å²) in [5.74, 6) is 6.54. The SMILES string of the molecule is Cc1c(C(=O)NCC#Cc2ccc3nc(Nc4ccc(CN(C)C)cc4)ncc3c2)c(=O)n(Cc2cnco2)n1C. The highest BCUT2D eigenvalue weighted by molar-refractivity contribution is 5.95. The molecule has 0 saturated heterocycles. The van der Waals surface area contributed by atoms with E-state index < -0.39 is 11.5 Å². The Morgan fingerprint density at radius 3 is 2.66 bits per heavy atom. The molecule has 0 aliphatic carbocycles. The van der Waals surface area contributed by atoms with Crippen molar-refractivity contribution in [2.75, 3.05) is 26.0 Å². The van der Waals surface area contributed by atoms with Crippen LogP contribution in [-0.2, 0) is 20.1 Å². The molecule has 5 aromatic rings. The number of rotatable bonds is 8. The van der Waals surface area contributed by atoms with Crippen LogP contribution in [0.3, 0.4) is 0 Å². The predicted octanol–water partition coefficient (Wildman–Crippen LogP) is 3.06. The summed E-state index contributed by atoms with van der Waals surface area (Å²) in [6.45, 7) is 2.86. The number of anilines is 2. The predicted molar refractivity (Wildman–Crippen MR) is 156 cm³/mol. The number of nitrogens with zero attached hydrogens (tertiary/aromatic N) is 6. The van der Waals surface area contributed by atoms with Crippen LogP contribution in [0.5, 0.6) is 0 Å². The average molecular weight is 551 g/mol. The van der Waals surface area contributed by atoms with Crippen molar-refractivity contribution in [1.29, 1.82) is 0 Å². The highest BCUT2D eigenvalue weighted by atomic mass is 16.3. The van der Waals surface area contributed by atoms with Crippen molar-refractivity contribution < 1.29 is 9.21 Å². The van der Waals surface area contributed by atoms with E-state index in [2.05, 4.69) is 54.5 Å². The number of carbonyl (C=O) groups is 1. The molecule has 0 fully saturated rings. The molecule has 0 aliphatic rings. The zero-order valence-corrected chi connectivity index (χ0v) is 23.3. The molecule has 0 spiro atoms. The minimum atomic E-state index is -0.479. The summed E-state index contributed by atoms with van der Waals surface area (Å²) in [6.07, 6.45) is 4.58. The maximum atomic E-state index is 12.9. The largest absolute Gasteiger partial charge is 0.447 e. The van der Waals surface area contributed by atoms with Crippen molar-refractivity contribution in [2.24, 2.45) is 7.05 Å². The van der Waals surface area contributed by atoms with Crippen molar-refractivity contribution in [2.45, 2.75) is 20.0 Å². The van der Waals surface area contributed by atoms with Gasteiger partial charge in [0.2, 0.25) is 5.95 Å². The molecule has 0 aliphatic heterocycles. The van der Waals surface area contributed by atoms with Crippen LogP contribution in [0, 0.1) is 18.8 Å². The summed E-state index contributed by atoms with van der Waals surface area (Å²) in [5.41, 5.74) is 3.90. The van der Waals surface area contributed by atoms with E-state index in [0.29, 0.717) is 17.4 Å². The zero-order valence-electron chi connectivity index (χ0n) is 23.3. The lowest BCUT2D eigenvalue weighted by molar-refractivity contribution is 0.0956. The number of fused-ring (bicyclic) bond motifs is 1. The number of carbonyl (C=O) groups excluding carboxylic acids is 1. The van der Waals surface area contributed by atoms with Gasteiger partial charge in [-0.25, -0.2) is 19.6 Å². The number of nitrogens with one attached hydrogen (secondary N) is 2. The van der Waals surface area contributed by atoms with E-state index in [-0.39, 0.29) is 18.7 Å². The van der Waals surface area contributed by atoms with Gasteiger partial charge in [0.05, 0.1) is 18.3 Å². The number of hydrogen-bond donors (Lipinski definition) is 2. The van der Waals surface area contributed by atoms with Crippen LogP contribution in [0.25, 0.3) is 10.9 Å². The monoisotopic (exact) mass is 550 g/mol. The summed E-state index contributed by atoms with van der Waals surface area (Å²) < 4.78 is 8.29. The van der Waals surface area contributed by atoms with E-state index in [4.69, 9.17) is 4.42 Å². The Balaban J connectivity index is 1.21. The fourth-order valence-corrected chi connectivity index (χ4v) is 4.39. The lowest BCUT2D eigenvalue weighted by Crippen LogP contribution is -2.31. The summed E-state index contributed by atoms with van der Waals surface area (Å²) in [5, 5.41) is 6.81. The molecule has 3 aromatic heterocycles.